The zero-order valence-corrected chi connectivity index (χ0v) is 43.6. The first kappa shape index (κ1) is 55.9. The summed E-state index contributed by atoms with van der Waals surface area (Å²) in [7, 11) is 3.06. The van der Waals surface area contributed by atoms with Crippen LogP contribution in [0.5, 0.6) is 0 Å². The predicted octanol–water partition coefficient (Wildman–Crippen LogP) is 9.60. The Balaban J connectivity index is 1.54. The van der Waals surface area contributed by atoms with Gasteiger partial charge in [-0.05, 0) is 105 Å². The fourth-order valence-electron chi connectivity index (χ4n) is 8.80. The standard InChI is InChI=1S/C51H76Cl2N4O7P2/c1-5-43(31-47(45-17-11-40(33-52)12-18-45)32-48(39-64-66-65)46-19-13-41(34-53)14-20-46)44-21-15-42(16-22-44)35-54-23-9-24-56(37-50(59)62-7-3)29-30-57(38-51(60)63-8-4)26-10-25-55(28-27-54)36-49(58)61-6-2/h11-22,43,47-48,66H,5-10,23-39,65H2,1-4H3. The van der Waals surface area contributed by atoms with E-state index in [-0.39, 0.29) is 43.5 Å². The molecule has 15 heteroatoms. The van der Waals surface area contributed by atoms with Crippen molar-refractivity contribution in [3.63, 3.8) is 0 Å². The van der Waals surface area contributed by atoms with E-state index in [0.717, 1.165) is 62.9 Å². The molecule has 3 aromatic rings. The summed E-state index contributed by atoms with van der Waals surface area (Å²) in [5.74, 6) is 1.11. The molecule has 0 aromatic heterocycles. The first-order valence-corrected chi connectivity index (χ1v) is 27.7. The van der Waals surface area contributed by atoms with Crippen molar-refractivity contribution in [2.45, 2.75) is 95.9 Å². The van der Waals surface area contributed by atoms with Crippen LogP contribution >= 0.6 is 40.6 Å². The van der Waals surface area contributed by atoms with Gasteiger partial charge in [0.05, 0.1) is 46.1 Å². The van der Waals surface area contributed by atoms with Crippen LogP contribution in [0.15, 0.2) is 72.8 Å². The predicted molar refractivity (Wildman–Crippen MR) is 274 cm³/mol. The average molecular weight is 990 g/mol. The molecule has 3 aromatic carbocycles. The summed E-state index contributed by atoms with van der Waals surface area (Å²) in [5.41, 5.74) is 7.39. The van der Waals surface area contributed by atoms with Crippen LogP contribution in [0.2, 0.25) is 0 Å². The van der Waals surface area contributed by atoms with Crippen molar-refractivity contribution >= 4 is 58.5 Å². The molecule has 0 N–H and O–H groups in total. The van der Waals surface area contributed by atoms with Crippen molar-refractivity contribution in [1.29, 1.82) is 0 Å². The summed E-state index contributed by atoms with van der Waals surface area (Å²) >= 11 is 12.4. The SMILES string of the molecule is CCOC(=O)CN1CCCN(CC(=O)OCC)CCN(Cc2ccc(C(CC)CC(CC(COPP)c3ccc(CCl)cc3)c3ccc(CCl)cc3)cc2)CCCN(CC(=O)OCC)CC1. The molecule has 1 aliphatic rings. The Kier molecular flexibility index (Phi) is 27.3. The van der Waals surface area contributed by atoms with Crippen LogP contribution in [0.1, 0.15) is 111 Å². The minimum Gasteiger partial charge on any atom is -0.465 e. The number of hydrogen-bond acceptors (Lipinski definition) is 11. The molecule has 4 rings (SSSR count). The Morgan fingerprint density at radius 2 is 0.894 bits per heavy atom. The van der Waals surface area contributed by atoms with E-state index in [0.29, 0.717) is 97.8 Å². The average Bonchev–Trinajstić information content (AvgIpc) is 3.32. The number of benzene rings is 3. The summed E-state index contributed by atoms with van der Waals surface area (Å²) in [4.78, 5) is 46.9. The second kappa shape index (κ2) is 32.2. The summed E-state index contributed by atoms with van der Waals surface area (Å²) in [6.45, 7) is 16.2. The number of halogens is 2. The fourth-order valence-corrected chi connectivity index (χ4v) is 9.75. The Bertz CT molecular complexity index is 1830. The van der Waals surface area contributed by atoms with Crippen LogP contribution in [-0.4, -0.2) is 136 Å². The lowest BCUT2D eigenvalue weighted by molar-refractivity contribution is -0.146. The maximum Gasteiger partial charge on any atom is 0.320 e. The van der Waals surface area contributed by atoms with Gasteiger partial charge in [0.15, 0.2) is 0 Å². The number of ether oxygens (including phenoxy) is 3. The first-order valence-electron chi connectivity index (χ1n) is 23.9. The molecular weight excluding hydrogens is 913 g/mol. The number of nitrogens with zero attached hydrogens (tertiary/aromatic N) is 4. The third-order valence-corrected chi connectivity index (χ3v) is 13.9. The van der Waals surface area contributed by atoms with Crippen LogP contribution in [-0.2, 0) is 51.4 Å². The van der Waals surface area contributed by atoms with Crippen LogP contribution in [0.4, 0.5) is 0 Å². The lowest BCUT2D eigenvalue weighted by Crippen LogP contribution is -2.44. The highest BCUT2D eigenvalue weighted by Crippen LogP contribution is 2.40. The van der Waals surface area contributed by atoms with Gasteiger partial charge in [0, 0.05) is 78.5 Å². The summed E-state index contributed by atoms with van der Waals surface area (Å²) < 4.78 is 22.1. The van der Waals surface area contributed by atoms with E-state index in [1.165, 1.54) is 22.3 Å². The number of carbonyl (C=O) groups is 3. The molecule has 0 saturated carbocycles. The number of alkyl halides is 2. The smallest absolute Gasteiger partial charge is 0.320 e. The van der Waals surface area contributed by atoms with Crippen molar-refractivity contribution < 1.29 is 33.1 Å². The normalized spacial score (nSPS) is 17.0. The maximum atomic E-state index is 12.8. The van der Waals surface area contributed by atoms with Gasteiger partial charge in [-0.25, -0.2) is 0 Å². The molecule has 0 aliphatic carbocycles. The van der Waals surface area contributed by atoms with Crippen molar-refractivity contribution in [2.24, 2.45) is 0 Å². The van der Waals surface area contributed by atoms with E-state index in [9.17, 15) is 14.4 Å². The van der Waals surface area contributed by atoms with E-state index in [2.05, 4.69) is 108 Å². The second-order valence-corrected chi connectivity index (χ2v) is 18.9. The van der Waals surface area contributed by atoms with Crippen LogP contribution in [0, 0.1) is 0 Å². The molecule has 1 fully saturated rings. The number of carbonyl (C=O) groups excluding carboxylic acids is 3. The van der Waals surface area contributed by atoms with Gasteiger partial charge in [-0.15, -0.1) is 23.2 Å². The summed E-state index contributed by atoms with van der Waals surface area (Å²) in [6, 6.07) is 26.7. The van der Waals surface area contributed by atoms with Gasteiger partial charge < -0.3 is 18.7 Å². The van der Waals surface area contributed by atoms with Gasteiger partial charge in [0.25, 0.3) is 0 Å². The molecule has 5 unspecified atom stereocenters. The molecular formula is C51H76Cl2N4O7P2. The molecule has 66 heavy (non-hydrogen) atoms. The minimum atomic E-state index is -0.266. The number of rotatable bonds is 24. The van der Waals surface area contributed by atoms with E-state index < -0.39 is 0 Å². The Morgan fingerprint density at radius 3 is 1.29 bits per heavy atom. The van der Waals surface area contributed by atoms with Crippen LogP contribution in [0.3, 0.4) is 0 Å². The first-order chi connectivity index (χ1) is 32.1. The van der Waals surface area contributed by atoms with Gasteiger partial charge in [-0.2, -0.15) is 0 Å². The number of hydrogen-bond donors (Lipinski definition) is 0. The zero-order chi connectivity index (χ0) is 47.5. The summed E-state index contributed by atoms with van der Waals surface area (Å²) in [5, 5.41) is 0. The molecule has 1 heterocycles. The molecule has 0 amide bonds. The third-order valence-electron chi connectivity index (χ3n) is 12.4. The molecule has 1 aliphatic heterocycles. The highest BCUT2D eigenvalue weighted by molar-refractivity contribution is 8.00. The topological polar surface area (TPSA) is 101 Å². The number of esters is 3. The van der Waals surface area contributed by atoms with Gasteiger partial charge in [0.1, 0.15) is 0 Å². The lowest BCUT2D eigenvalue weighted by atomic mass is 9.78. The Morgan fingerprint density at radius 1 is 0.530 bits per heavy atom. The van der Waals surface area contributed by atoms with Crippen molar-refractivity contribution in [3.05, 3.63) is 106 Å². The summed E-state index contributed by atoms with van der Waals surface area (Å²) in [6.07, 6.45) is 4.55. The quantitative estimate of drug-likeness (QED) is 0.0372. The monoisotopic (exact) mass is 988 g/mol. The molecule has 1 saturated heterocycles. The molecule has 0 bridgehead atoms. The zero-order valence-electron chi connectivity index (χ0n) is 39.9. The van der Waals surface area contributed by atoms with Crippen LogP contribution in [0.25, 0.3) is 0 Å². The maximum absolute atomic E-state index is 12.8. The van der Waals surface area contributed by atoms with E-state index >= 15 is 0 Å². The van der Waals surface area contributed by atoms with Gasteiger partial charge in [-0.3, -0.25) is 34.0 Å². The fraction of sp³-hybridized carbons (Fsp3) is 0.588. The van der Waals surface area contributed by atoms with Crippen LogP contribution < -0.4 is 0 Å². The highest BCUT2D eigenvalue weighted by atomic mass is 35.5. The van der Waals surface area contributed by atoms with Crippen molar-refractivity contribution in [3.8, 4) is 0 Å². The van der Waals surface area contributed by atoms with Gasteiger partial charge in [-0.1, -0.05) is 88.6 Å². The second-order valence-electron chi connectivity index (χ2n) is 17.1. The Hall–Kier alpha value is -2.69. The van der Waals surface area contributed by atoms with Crippen molar-refractivity contribution in [2.75, 3.05) is 98.4 Å². The van der Waals surface area contributed by atoms with Crippen molar-refractivity contribution in [1.82, 2.24) is 19.6 Å². The highest BCUT2D eigenvalue weighted by Gasteiger charge is 2.25. The van der Waals surface area contributed by atoms with E-state index in [1.807, 2.05) is 20.8 Å². The largest absolute Gasteiger partial charge is 0.465 e. The molecule has 0 spiro atoms. The molecule has 366 valence electrons. The van der Waals surface area contributed by atoms with E-state index in [1.54, 1.807) is 0 Å². The molecule has 5 atom stereocenters. The minimum absolute atomic E-state index is 0.174. The van der Waals surface area contributed by atoms with E-state index in [4.69, 9.17) is 41.9 Å². The Labute approximate surface area is 409 Å². The molecule has 0 radical (unpaired) electrons. The van der Waals surface area contributed by atoms with Gasteiger partial charge >= 0.3 is 17.9 Å². The molecule has 11 nitrogen and oxygen atoms in total. The third kappa shape index (κ3) is 20.5. The van der Waals surface area contributed by atoms with Gasteiger partial charge in [0.2, 0.25) is 0 Å². The lowest BCUT2D eigenvalue weighted by Gasteiger charge is -2.31.